The van der Waals surface area contributed by atoms with Crippen LogP contribution in [0, 0.1) is 7.43 Å². The quantitative estimate of drug-likeness (QED) is 0.159. The van der Waals surface area contributed by atoms with Gasteiger partial charge in [0.2, 0.25) is 0 Å². The van der Waals surface area contributed by atoms with Crippen molar-refractivity contribution in [2.24, 2.45) is 0 Å². The van der Waals surface area contributed by atoms with Crippen LogP contribution in [0.4, 0.5) is 0 Å². The average molecular weight is 416 g/mol. The Labute approximate surface area is 176 Å². The molecular formula is CH9I2K2PS. The number of halogens is 2. The van der Waals surface area contributed by atoms with Crippen molar-refractivity contribution in [3.8, 4) is 0 Å². The van der Waals surface area contributed by atoms with E-state index in [0.717, 1.165) is 0 Å². The first-order chi connectivity index (χ1) is 0. The molecule has 6 heteroatoms. The van der Waals surface area contributed by atoms with Crippen molar-refractivity contribution < 1.29 is 127 Å². The van der Waals surface area contributed by atoms with Crippen molar-refractivity contribution >= 4 is 47.4 Å². The molecule has 0 saturated heterocycles. The van der Waals surface area contributed by atoms with Gasteiger partial charge < -0.3 is 31.4 Å². The van der Waals surface area contributed by atoms with Crippen LogP contribution in [0.2, 0.25) is 0 Å². The van der Waals surface area contributed by atoms with Gasteiger partial charge in [0.15, 0.2) is 0 Å². The molecule has 1 unspecified atom stereocenters. The minimum Gasteiger partial charge on any atom is -1.00 e. The molecule has 0 saturated carbocycles. The molecule has 1 atom stereocenters. The number of hydrogen-bond acceptors (Lipinski definition) is 0. The first-order valence-corrected chi connectivity index (χ1v) is 0. The first-order valence-electron chi connectivity index (χ1n) is 0. The van der Waals surface area contributed by atoms with Gasteiger partial charge in [0, 0.05) is 0 Å². The van der Waals surface area contributed by atoms with Crippen molar-refractivity contribution in [1.29, 1.82) is 0 Å². The third-order valence-electron chi connectivity index (χ3n) is 0. The van der Waals surface area contributed by atoms with E-state index in [4.69, 9.17) is 0 Å². The molecule has 40 valence electrons. The van der Waals surface area contributed by atoms with Crippen molar-refractivity contribution in [2.45, 2.75) is 0 Å². The maximum atomic E-state index is 0. The van der Waals surface area contributed by atoms with E-state index in [9.17, 15) is 0 Å². The Bertz CT molecular complexity index is 15.7. The second-order valence-electron chi connectivity index (χ2n) is 0. The number of hydrogen-bond donors (Lipinski definition) is 0. The van der Waals surface area contributed by atoms with E-state index in [1.54, 1.807) is 0 Å². The summed E-state index contributed by atoms with van der Waals surface area (Å²) in [5.74, 6) is 0. The van der Waals surface area contributed by atoms with E-state index in [0.29, 0.717) is 0 Å². The Morgan fingerprint density at radius 1 is 0.857 bits per heavy atom. The molecule has 0 bridgehead atoms. The van der Waals surface area contributed by atoms with Gasteiger partial charge in [-0.15, -0.1) is 24.0 Å². The van der Waals surface area contributed by atoms with Crippen LogP contribution in [0.3, 0.4) is 0 Å². The molecule has 0 rings (SSSR count). The molecule has 0 N–H and O–H groups in total. The van der Waals surface area contributed by atoms with E-state index in [1.807, 2.05) is 0 Å². The molecule has 0 fully saturated rings. The van der Waals surface area contributed by atoms with Crippen LogP contribution in [-0.4, -0.2) is 0 Å². The molecule has 7 heavy (non-hydrogen) atoms. The van der Waals surface area contributed by atoms with E-state index < -0.39 is 0 Å². The fourth-order valence-corrected chi connectivity index (χ4v) is 0. The van der Waals surface area contributed by atoms with Crippen LogP contribution in [0.1, 0.15) is 0 Å². The van der Waals surface area contributed by atoms with Crippen LogP contribution in [0.25, 0.3) is 0 Å². The molecule has 0 spiro atoms. The molecular weight excluding hydrogens is 407 g/mol. The van der Waals surface area contributed by atoms with Crippen LogP contribution in [0.5, 0.6) is 0 Å². The molecule has 0 heterocycles. The molecule has 0 radical (unpaired) electrons. The Morgan fingerprint density at radius 3 is 0.857 bits per heavy atom. The number of rotatable bonds is 0. The molecule has 0 aliphatic rings. The predicted molar refractivity (Wildman–Crippen MR) is 43.3 cm³/mol. The average Bonchev–Trinajstić information content (AvgIpc) is 0. The maximum Gasteiger partial charge on any atom is 1.00 e. The monoisotopic (exact) mass is 416 g/mol. The van der Waals surface area contributed by atoms with Gasteiger partial charge in [-0.3, -0.25) is 0 Å². The van der Waals surface area contributed by atoms with Crippen molar-refractivity contribution in [1.82, 2.24) is 0 Å². The minimum atomic E-state index is 0. The summed E-state index contributed by atoms with van der Waals surface area (Å²) in [6.07, 6.45) is 0. The largest absolute Gasteiger partial charge is 1.00 e. The molecule has 0 amide bonds. The fourth-order valence-electron chi connectivity index (χ4n) is 0. The van der Waals surface area contributed by atoms with Gasteiger partial charge >= 0.3 is 103 Å². The summed E-state index contributed by atoms with van der Waals surface area (Å²) in [7, 11) is 0. The van der Waals surface area contributed by atoms with E-state index >= 15 is 0 Å². The van der Waals surface area contributed by atoms with Crippen LogP contribution >= 0.6 is 47.4 Å². The summed E-state index contributed by atoms with van der Waals surface area (Å²) >= 11 is 0. The van der Waals surface area contributed by atoms with E-state index in [1.165, 1.54) is 0 Å². The van der Waals surface area contributed by atoms with Crippen LogP contribution in [0.15, 0.2) is 0 Å². The smallest absolute Gasteiger partial charge is 1.00 e. The molecule has 0 nitrogen and oxygen atoms in total. The van der Waals surface area contributed by atoms with Gasteiger partial charge in [-0.25, -0.2) is 0 Å². The normalized spacial score (nSPS) is 0. The summed E-state index contributed by atoms with van der Waals surface area (Å²) in [6.45, 7) is 0. The summed E-state index contributed by atoms with van der Waals surface area (Å²) in [5, 5.41) is 0. The Hall–Kier alpha value is 5.51. The van der Waals surface area contributed by atoms with Crippen LogP contribution in [-0.2, 0) is 0 Å². The van der Waals surface area contributed by atoms with E-state index in [2.05, 4.69) is 0 Å². The molecule has 0 aromatic carbocycles. The van der Waals surface area contributed by atoms with Crippen molar-refractivity contribution in [3.05, 3.63) is 7.43 Å². The van der Waals surface area contributed by atoms with Gasteiger partial charge in [-0.05, 0) is 0 Å². The van der Waals surface area contributed by atoms with Gasteiger partial charge in [0.05, 0.1) is 0 Å². The molecule has 0 aromatic rings. The summed E-state index contributed by atoms with van der Waals surface area (Å²) in [6, 6.07) is 0. The zero-order valence-corrected chi connectivity index (χ0v) is 18.1. The van der Waals surface area contributed by atoms with Crippen molar-refractivity contribution in [3.63, 3.8) is 0 Å². The SMILES string of the molecule is I.P.S.[CH3-].[I-].[K+].[K+]. The predicted octanol–water partition coefficient (Wildman–Crippen LogP) is -7.75. The molecule has 0 aliphatic carbocycles. The molecule has 0 aromatic heterocycles. The topological polar surface area (TPSA) is 0 Å². The third-order valence-corrected chi connectivity index (χ3v) is 0. The van der Waals surface area contributed by atoms with Crippen molar-refractivity contribution in [2.75, 3.05) is 0 Å². The standard InChI is InChI=1S/CH3.2HI.2K.H3P.H2S/h1H3;2*1H;;;1H3;1H2/q-1;;;2*+1;;/p-1. The minimum absolute atomic E-state index is 0. The summed E-state index contributed by atoms with van der Waals surface area (Å²) in [4.78, 5) is 0. The van der Waals surface area contributed by atoms with E-state index in [-0.39, 0.29) is 182 Å². The zero-order chi connectivity index (χ0) is 0. The first kappa shape index (κ1) is 54.6. The van der Waals surface area contributed by atoms with Crippen LogP contribution < -0.4 is 127 Å². The fraction of sp³-hybridized carbons (Fsp3) is 0. The Morgan fingerprint density at radius 2 is 0.857 bits per heavy atom. The summed E-state index contributed by atoms with van der Waals surface area (Å²) < 4.78 is 0. The second kappa shape index (κ2) is 41.9. The van der Waals surface area contributed by atoms with Gasteiger partial charge in [-0.2, -0.15) is 23.4 Å². The zero-order valence-electron chi connectivity index (χ0n) is 4.99. The van der Waals surface area contributed by atoms with Gasteiger partial charge in [0.25, 0.3) is 0 Å². The van der Waals surface area contributed by atoms with Gasteiger partial charge in [-0.1, -0.05) is 0 Å². The third kappa shape index (κ3) is 34.3. The Balaban J connectivity index is 0. The Kier molecular flexibility index (Phi) is 326. The maximum absolute atomic E-state index is 0. The molecule has 0 aliphatic heterocycles. The summed E-state index contributed by atoms with van der Waals surface area (Å²) in [5.41, 5.74) is 0. The van der Waals surface area contributed by atoms with Gasteiger partial charge in [0.1, 0.15) is 0 Å². The second-order valence-corrected chi connectivity index (χ2v) is 0.